The van der Waals surface area contributed by atoms with Crippen LogP contribution in [0.1, 0.15) is 22.8 Å². The zero-order valence-corrected chi connectivity index (χ0v) is 12.4. The van der Waals surface area contributed by atoms with E-state index in [4.69, 9.17) is 16.7 Å². The second kappa shape index (κ2) is 6.20. The minimum atomic E-state index is -1.04. The maximum atomic E-state index is 12.1. The average Bonchev–Trinajstić information content (AvgIpc) is 2.31. The molecular weight excluding hydrogens is 321 g/mol. The minimum Gasteiger partial charge on any atom is -0.480 e. The zero-order valence-electron chi connectivity index (χ0n) is 10.0. The Morgan fingerprint density at radius 1 is 1.44 bits per heavy atom. The number of carbonyl (C=O) groups is 2. The molecule has 6 heteroatoms. The van der Waals surface area contributed by atoms with Gasteiger partial charge in [0.25, 0.3) is 5.91 Å². The molecule has 98 valence electrons. The van der Waals surface area contributed by atoms with Gasteiger partial charge in [0.05, 0.1) is 5.02 Å². The highest BCUT2D eigenvalue weighted by molar-refractivity contribution is 9.10. The Kier molecular flexibility index (Phi) is 5.16. The number of carboxylic acids is 1. The van der Waals surface area contributed by atoms with Gasteiger partial charge in [-0.2, -0.15) is 0 Å². The molecule has 0 aliphatic rings. The molecule has 0 saturated heterocycles. The quantitative estimate of drug-likeness (QED) is 0.921. The lowest BCUT2D eigenvalue weighted by molar-refractivity contribution is -0.137. The molecule has 0 aromatic heterocycles. The molecular formula is C12H13BrClNO3. The number of carbonyl (C=O) groups excluding carboxylic acids is 1. The van der Waals surface area contributed by atoms with Gasteiger partial charge in [-0.05, 0) is 47.5 Å². The topological polar surface area (TPSA) is 57.6 Å². The van der Waals surface area contributed by atoms with Gasteiger partial charge in [-0.15, -0.1) is 0 Å². The summed E-state index contributed by atoms with van der Waals surface area (Å²) in [4.78, 5) is 24.0. The van der Waals surface area contributed by atoms with Gasteiger partial charge in [0.2, 0.25) is 0 Å². The number of halogens is 2. The van der Waals surface area contributed by atoms with Crippen molar-refractivity contribution < 1.29 is 14.7 Å². The van der Waals surface area contributed by atoms with E-state index in [1.54, 1.807) is 13.0 Å². The van der Waals surface area contributed by atoms with Crippen molar-refractivity contribution in [1.82, 2.24) is 4.90 Å². The SMILES string of the molecule is CCN(CC(=O)O)C(=O)c1cc(C)c(Br)c(Cl)c1. The van der Waals surface area contributed by atoms with Gasteiger partial charge in [0, 0.05) is 16.6 Å². The summed E-state index contributed by atoms with van der Waals surface area (Å²) in [6.07, 6.45) is 0. The molecule has 1 rings (SSSR count). The number of amides is 1. The number of aryl methyl sites for hydroxylation is 1. The lowest BCUT2D eigenvalue weighted by atomic mass is 10.1. The van der Waals surface area contributed by atoms with Crippen molar-refractivity contribution in [2.45, 2.75) is 13.8 Å². The number of rotatable bonds is 4. The number of hydrogen-bond donors (Lipinski definition) is 1. The molecule has 0 spiro atoms. The lowest BCUT2D eigenvalue weighted by Gasteiger charge is -2.19. The van der Waals surface area contributed by atoms with Crippen molar-refractivity contribution in [2.75, 3.05) is 13.1 Å². The molecule has 0 radical (unpaired) electrons. The van der Waals surface area contributed by atoms with Crippen molar-refractivity contribution in [3.05, 3.63) is 32.8 Å². The van der Waals surface area contributed by atoms with E-state index in [1.807, 2.05) is 6.92 Å². The highest BCUT2D eigenvalue weighted by Crippen LogP contribution is 2.27. The molecule has 0 fully saturated rings. The van der Waals surface area contributed by atoms with E-state index in [9.17, 15) is 9.59 Å². The third-order valence-electron chi connectivity index (χ3n) is 2.45. The van der Waals surface area contributed by atoms with Gasteiger partial charge in [0.15, 0.2) is 0 Å². The lowest BCUT2D eigenvalue weighted by Crippen LogP contribution is -2.35. The molecule has 0 bridgehead atoms. The van der Waals surface area contributed by atoms with Crippen molar-refractivity contribution in [3.63, 3.8) is 0 Å². The Bertz CT molecular complexity index is 467. The molecule has 0 unspecified atom stereocenters. The van der Waals surface area contributed by atoms with E-state index in [-0.39, 0.29) is 12.5 Å². The molecule has 18 heavy (non-hydrogen) atoms. The molecule has 0 aliphatic heterocycles. The minimum absolute atomic E-state index is 0.317. The second-order valence-electron chi connectivity index (χ2n) is 3.80. The molecule has 0 atom stereocenters. The van der Waals surface area contributed by atoms with Crippen LogP contribution < -0.4 is 0 Å². The highest BCUT2D eigenvalue weighted by atomic mass is 79.9. The van der Waals surface area contributed by atoms with Crippen LogP contribution in [0.4, 0.5) is 0 Å². The standard InChI is InChI=1S/C12H13BrClNO3/c1-3-15(6-10(16)17)12(18)8-4-7(2)11(13)9(14)5-8/h4-5H,3,6H2,1-2H3,(H,16,17). The Morgan fingerprint density at radius 2 is 2.06 bits per heavy atom. The van der Waals surface area contributed by atoms with Crippen LogP contribution in [0.25, 0.3) is 0 Å². The van der Waals surface area contributed by atoms with Gasteiger partial charge < -0.3 is 10.0 Å². The largest absolute Gasteiger partial charge is 0.480 e. The molecule has 1 aromatic rings. The fraction of sp³-hybridized carbons (Fsp3) is 0.333. The van der Waals surface area contributed by atoms with Crippen LogP contribution in [0, 0.1) is 6.92 Å². The average molecular weight is 335 g/mol. The summed E-state index contributed by atoms with van der Waals surface area (Å²) >= 11 is 9.29. The number of carboxylic acid groups (broad SMARTS) is 1. The van der Waals surface area contributed by atoms with E-state index >= 15 is 0 Å². The molecule has 1 N–H and O–H groups in total. The summed E-state index contributed by atoms with van der Waals surface area (Å²) in [6, 6.07) is 3.22. The van der Waals surface area contributed by atoms with Gasteiger partial charge in [-0.3, -0.25) is 9.59 Å². The summed E-state index contributed by atoms with van der Waals surface area (Å²) in [5.74, 6) is -1.37. The Morgan fingerprint density at radius 3 is 2.50 bits per heavy atom. The number of hydrogen-bond acceptors (Lipinski definition) is 2. The number of likely N-dealkylation sites (N-methyl/N-ethyl adjacent to an activating group) is 1. The number of nitrogens with zero attached hydrogens (tertiary/aromatic N) is 1. The summed E-state index contributed by atoms with van der Waals surface area (Å²) < 4.78 is 0.738. The van der Waals surface area contributed by atoms with Gasteiger partial charge >= 0.3 is 5.97 Å². The summed E-state index contributed by atoms with van der Waals surface area (Å²) in [5.41, 5.74) is 1.22. The van der Waals surface area contributed by atoms with E-state index < -0.39 is 5.97 Å². The first-order valence-corrected chi connectivity index (χ1v) is 6.50. The summed E-state index contributed by atoms with van der Waals surface area (Å²) in [7, 11) is 0. The number of benzene rings is 1. The maximum Gasteiger partial charge on any atom is 0.323 e. The molecule has 4 nitrogen and oxygen atoms in total. The van der Waals surface area contributed by atoms with Crippen LogP contribution in [0.5, 0.6) is 0 Å². The van der Waals surface area contributed by atoms with Crippen LogP contribution in [0.2, 0.25) is 5.02 Å². The monoisotopic (exact) mass is 333 g/mol. The number of aliphatic carboxylic acids is 1. The second-order valence-corrected chi connectivity index (χ2v) is 5.00. The first-order valence-electron chi connectivity index (χ1n) is 5.33. The van der Waals surface area contributed by atoms with Crippen LogP contribution >= 0.6 is 27.5 Å². The van der Waals surface area contributed by atoms with Crippen LogP contribution in [-0.2, 0) is 4.79 Å². The summed E-state index contributed by atoms with van der Waals surface area (Å²) in [5, 5.41) is 9.17. The first-order chi connectivity index (χ1) is 8.36. The Labute approximate surface area is 119 Å². The zero-order chi connectivity index (χ0) is 13.9. The van der Waals surface area contributed by atoms with E-state index in [0.29, 0.717) is 17.1 Å². The van der Waals surface area contributed by atoms with Gasteiger partial charge in [0.1, 0.15) is 6.54 Å². The van der Waals surface area contributed by atoms with E-state index in [1.165, 1.54) is 11.0 Å². The Hall–Kier alpha value is -1.07. The smallest absolute Gasteiger partial charge is 0.323 e. The Balaban J connectivity index is 3.06. The fourth-order valence-corrected chi connectivity index (χ4v) is 2.02. The molecule has 0 aliphatic carbocycles. The summed E-state index contributed by atoms with van der Waals surface area (Å²) in [6.45, 7) is 3.56. The van der Waals surface area contributed by atoms with Crippen LogP contribution in [-0.4, -0.2) is 35.0 Å². The van der Waals surface area contributed by atoms with Crippen molar-refractivity contribution in [2.24, 2.45) is 0 Å². The molecule has 1 amide bonds. The van der Waals surface area contributed by atoms with E-state index in [2.05, 4.69) is 15.9 Å². The van der Waals surface area contributed by atoms with Gasteiger partial charge in [-0.25, -0.2) is 0 Å². The van der Waals surface area contributed by atoms with Crippen molar-refractivity contribution in [3.8, 4) is 0 Å². The van der Waals surface area contributed by atoms with Crippen molar-refractivity contribution in [1.29, 1.82) is 0 Å². The third kappa shape index (κ3) is 3.46. The van der Waals surface area contributed by atoms with Gasteiger partial charge in [-0.1, -0.05) is 11.6 Å². The molecule has 0 saturated carbocycles. The maximum absolute atomic E-state index is 12.1. The first kappa shape index (κ1) is 15.0. The van der Waals surface area contributed by atoms with Crippen LogP contribution in [0.3, 0.4) is 0 Å². The van der Waals surface area contributed by atoms with Crippen molar-refractivity contribution >= 4 is 39.4 Å². The normalized spacial score (nSPS) is 10.2. The van der Waals surface area contributed by atoms with Crippen LogP contribution in [0.15, 0.2) is 16.6 Å². The van der Waals surface area contributed by atoms with E-state index in [0.717, 1.165) is 10.0 Å². The molecule has 0 heterocycles. The predicted molar refractivity (Wildman–Crippen MR) is 73.1 cm³/mol. The predicted octanol–water partition coefficient (Wildman–Crippen LogP) is 2.96. The fourth-order valence-electron chi connectivity index (χ4n) is 1.52. The molecule has 1 aromatic carbocycles. The third-order valence-corrected chi connectivity index (χ3v) is 4.03. The highest BCUT2D eigenvalue weighted by Gasteiger charge is 2.18.